The van der Waals surface area contributed by atoms with Crippen LogP contribution in [0.5, 0.6) is 0 Å². The molecule has 2 aliphatic heterocycles. The summed E-state index contributed by atoms with van der Waals surface area (Å²) in [5.74, 6) is -0.160. The average Bonchev–Trinajstić information content (AvgIpc) is 2.87. The molecule has 1 amide bonds. The van der Waals surface area contributed by atoms with E-state index >= 15 is 0 Å². The van der Waals surface area contributed by atoms with Crippen molar-refractivity contribution in [3.05, 3.63) is 30.1 Å². The van der Waals surface area contributed by atoms with E-state index in [0.29, 0.717) is 25.9 Å². The molecule has 1 N–H and O–H groups in total. The molecule has 0 saturated carbocycles. The molecule has 0 unspecified atom stereocenters. The van der Waals surface area contributed by atoms with E-state index in [2.05, 4.69) is 19.2 Å². The molecule has 2 aliphatic rings. The van der Waals surface area contributed by atoms with Crippen molar-refractivity contribution in [2.75, 3.05) is 20.1 Å². The zero-order chi connectivity index (χ0) is 19.1. The highest BCUT2D eigenvalue weighted by molar-refractivity contribution is 7.89. The molecular formula is C18H26FN3O3S. The molecule has 2 fully saturated rings. The lowest BCUT2D eigenvalue weighted by Gasteiger charge is -2.42. The van der Waals surface area contributed by atoms with E-state index in [9.17, 15) is 17.6 Å². The second kappa shape index (κ2) is 6.90. The predicted molar refractivity (Wildman–Crippen MR) is 96.3 cm³/mol. The first-order valence-electron chi connectivity index (χ1n) is 9.02. The van der Waals surface area contributed by atoms with Crippen LogP contribution in [-0.4, -0.2) is 55.4 Å². The van der Waals surface area contributed by atoms with Gasteiger partial charge in [-0.25, -0.2) is 12.8 Å². The lowest BCUT2D eigenvalue weighted by molar-refractivity contribution is -0.132. The van der Waals surface area contributed by atoms with Crippen LogP contribution >= 0.6 is 0 Å². The Kier molecular flexibility index (Phi) is 5.11. The van der Waals surface area contributed by atoms with Gasteiger partial charge >= 0.3 is 0 Å². The van der Waals surface area contributed by atoms with Gasteiger partial charge < -0.3 is 4.90 Å². The maximum absolute atomic E-state index is 13.1. The zero-order valence-corrected chi connectivity index (χ0v) is 16.2. The van der Waals surface area contributed by atoms with Crippen LogP contribution in [0.4, 0.5) is 4.39 Å². The Morgan fingerprint density at radius 2 is 1.85 bits per heavy atom. The predicted octanol–water partition coefficient (Wildman–Crippen LogP) is 1.78. The van der Waals surface area contributed by atoms with E-state index in [-0.39, 0.29) is 22.8 Å². The SMILES string of the molecule is CC[C@H](C)[C@@H]1NC2(CCN(S(=O)(=O)c3ccc(F)cc3)CC2)N(C)C1=O. The van der Waals surface area contributed by atoms with Crippen LogP contribution in [-0.2, 0) is 14.8 Å². The Labute approximate surface area is 154 Å². The van der Waals surface area contributed by atoms with E-state index in [1.165, 1.54) is 16.4 Å². The summed E-state index contributed by atoms with van der Waals surface area (Å²) in [4.78, 5) is 14.5. The Bertz CT molecular complexity index is 773. The number of hydrogen-bond acceptors (Lipinski definition) is 4. The fraction of sp³-hybridized carbons (Fsp3) is 0.611. The van der Waals surface area contributed by atoms with Crippen LogP contribution in [0.2, 0.25) is 0 Å². The number of likely N-dealkylation sites (N-methyl/N-ethyl adjacent to an activating group) is 1. The molecule has 26 heavy (non-hydrogen) atoms. The molecule has 8 heteroatoms. The van der Waals surface area contributed by atoms with E-state index in [1.807, 2.05) is 0 Å². The number of nitrogens with zero attached hydrogens (tertiary/aromatic N) is 2. The number of benzene rings is 1. The quantitative estimate of drug-likeness (QED) is 0.861. The minimum absolute atomic E-state index is 0.0780. The van der Waals surface area contributed by atoms with E-state index < -0.39 is 21.5 Å². The largest absolute Gasteiger partial charge is 0.326 e. The summed E-state index contributed by atoms with van der Waals surface area (Å²) in [5, 5.41) is 3.48. The molecule has 144 valence electrons. The first-order valence-corrected chi connectivity index (χ1v) is 10.5. The van der Waals surface area contributed by atoms with Crippen molar-refractivity contribution in [3.8, 4) is 0 Å². The van der Waals surface area contributed by atoms with Crippen LogP contribution < -0.4 is 5.32 Å². The first kappa shape index (κ1) is 19.3. The van der Waals surface area contributed by atoms with Crippen molar-refractivity contribution < 1.29 is 17.6 Å². The molecule has 2 saturated heterocycles. The molecule has 1 spiro atoms. The molecule has 3 rings (SSSR count). The number of hydrogen-bond donors (Lipinski definition) is 1. The number of carbonyl (C=O) groups is 1. The number of rotatable bonds is 4. The van der Waals surface area contributed by atoms with Gasteiger partial charge in [-0.15, -0.1) is 0 Å². The van der Waals surface area contributed by atoms with Crippen molar-refractivity contribution in [3.63, 3.8) is 0 Å². The first-order chi connectivity index (χ1) is 12.2. The number of sulfonamides is 1. The van der Waals surface area contributed by atoms with Crippen molar-refractivity contribution in [1.82, 2.24) is 14.5 Å². The van der Waals surface area contributed by atoms with Gasteiger partial charge in [-0.1, -0.05) is 20.3 Å². The van der Waals surface area contributed by atoms with Gasteiger partial charge in [-0.2, -0.15) is 4.31 Å². The summed E-state index contributed by atoms with van der Waals surface area (Å²) in [6.07, 6.45) is 1.96. The van der Waals surface area contributed by atoms with Gasteiger partial charge in [0, 0.05) is 20.1 Å². The lowest BCUT2D eigenvalue weighted by atomic mass is 9.96. The summed E-state index contributed by atoms with van der Waals surface area (Å²) in [6, 6.07) is 4.67. The van der Waals surface area contributed by atoms with Crippen LogP contribution in [0, 0.1) is 11.7 Å². The van der Waals surface area contributed by atoms with Crippen molar-refractivity contribution in [2.24, 2.45) is 5.92 Å². The molecule has 0 aromatic heterocycles. The Morgan fingerprint density at radius 3 is 2.38 bits per heavy atom. The topological polar surface area (TPSA) is 69.7 Å². The van der Waals surface area contributed by atoms with Crippen LogP contribution in [0.3, 0.4) is 0 Å². The third kappa shape index (κ3) is 3.14. The molecule has 0 aliphatic carbocycles. The molecule has 0 radical (unpaired) electrons. The van der Waals surface area contributed by atoms with Crippen molar-refractivity contribution in [1.29, 1.82) is 0 Å². The van der Waals surface area contributed by atoms with Crippen molar-refractivity contribution >= 4 is 15.9 Å². The Hall–Kier alpha value is -1.51. The lowest BCUT2D eigenvalue weighted by Crippen LogP contribution is -2.58. The Morgan fingerprint density at radius 1 is 1.27 bits per heavy atom. The summed E-state index contributed by atoms with van der Waals surface area (Å²) < 4.78 is 40.0. The van der Waals surface area contributed by atoms with E-state index in [4.69, 9.17) is 0 Å². The molecule has 1 aromatic carbocycles. The number of piperidine rings is 1. The molecule has 2 heterocycles. The van der Waals surface area contributed by atoms with Crippen molar-refractivity contribution in [2.45, 2.75) is 49.7 Å². The number of nitrogens with one attached hydrogen (secondary N) is 1. The highest BCUT2D eigenvalue weighted by Crippen LogP contribution is 2.35. The molecule has 0 bridgehead atoms. The van der Waals surface area contributed by atoms with E-state index in [1.54, 1.807) is 11.9 Å². The van der Waals surface area contributed by atoms with Gasteiger partial charge in [-0.05, 0) is 43.0 Å². The second-order valence-corrected chi connectivity index (χ2v) is 9.23. The van der Waals surface area contributed by atoms with Gasteiger partial charge in [0.15, 0.2) is 0 Å². The Balaban J connectivity index is 1.75. The minimum Gasteiger partial charge on any atom is -0.326 e. The average molecular weight is 383 g/mol. The maximum atomic E-state index is 13.1. The number of carbonyl (C=O) groups excluding carboxylic acids is 1. The van der Waals surface area contributed by atoms with Gasteiger partial charge in [0.05, 0.1) is 16.6 Å². The highest BCUT2D eigenvalue weighted by atomic mass is 32.2. The van der Waals surface area contributed by atoms with Gasteiger partial charge in [-0.3, -0.25) is 10.1 Å². The molecular weight excluding hydrogens is 357 g/mol. The fourth-order valence-electron chi connectivity index (χ4n) is 3.82. The number of halogens is 1. The number of amides is 1. The minimum atomic E-state index is -3.66. The molecule has 6 nitrogen and oxygen atoms in total. The zero-order valence-electron chi connectivity index (χ0n) is 15.4. The van der Waals surface area contributed by atoms with Crippen LogP contribution in [0.1, 0.15) is 33.1 Å². The van der Waals surface area contributed by atoms with Gasteiger partial charge in [0.2, 0.25) is 15.9 Å². The molecule has 1 aromatic rings. The monoisotopic (exact) mass is 383 g/mol. The maximum Gasteiger partial charge on any atom is 0.243 e. The highest BCUT2D eigenvalue weighted by Gasteiger charge is 2.51. The standard InChI is InChI=1S/C18H26FN3O3S/c1-4-13(2)16-17(23)21(3)18(20-16)9-11-22(12-10-18)26(24,25)15-7-5-14(19)6-8-15/h5-8,13,16,20H,4,9-12H2,1-3H3/t13-,16-/m0/s1. The van der Waals surface area contributed by atoms with Crippen LogP contribution in [0.15, 0.2) is 29.2 Å². The van der Waals surface area contributed by atoms with E-state index in [0.717, 1.165) is 18.6 Å². The summed E-state index contributed by atoms with van der Waals surface area (Å²) >= 11 is 0. The third-order valence-corrected chi connectivity index (χ3v) is 7.79. The van der Waals surface area contributed by atoms with Gasteiger partial charge in [0.1, 0.15) is 5.82 Å². The summed E-state index contributed by atoms with van der Waals surface area (Å²) in [7, 11) is -1.86. The third-order valence-electron chi connectivity index (χ3n) is 5.88. The van der Waals surface area contributed by atoms with Gasteiger partial charge in [0.25, 0.3) is 0 Å². The molecule has 2 atom stereocenters. The smallest absolute Gasteiger partial charge is 0.243 e. The second-order valence-electron chi connectivity index (χ2n) is 7.29. The summed E-state index contributed by atoms with van der Waals surface area (Å²) in [6.45, 7) is 4.74. The fourth-order valence-corrected chi connectivity index (χ4v) is 5.26. The summed E-state index contributed by atoms with van der Waals surface area (Å²) in [5.41, 5.74) is -0.486. The normalized spacial score (nSPS) is 25.0. The van der Waals surface area contributed by atoms with Crippen LogP contribution in [0.25, 0.3) is 0 Å².